The van der Waals surface area contributed by atoms with Gasteiger partial charge in [-0.2, -0.15) is 0 Å². The molecule has 2 amide bonds. The highest BCUT2D eigenvalue weighted by atomic mass is 16.6. The molecule has 8 nitrogen and oxygen atoms in total. The molecule has 0 aliphatic heterocycles. The SMILES string of the molecule is C=CC[C@@H](CNC(=O)OC(C)(C)C)[C@H](NC(=O)OCc1ccccc1)C(=O)OC(C)(C)C. The maximum atomic E-state index is 12.9. The van der Waals surface area contributed by atoms with Crippen LogP contribution in [0.5, 0.6) is 0 Å². The first-order valence-electron chi connectivity index (χ1n) is 10.6. The van der Waals surface area contributed by atoms with Crippen molar-refractivity contribution in [3.05, 3.63) is 48.6 Å². The molecule has 0 saturated carbocycles. The van der Waals surface area contributed by atoms with Crippen LogP contribution in [-0.2, 0) is 25.6 Å². The molecule has 0 bridgehead atoms. The molecule has 0 aliphatic carbocycles. The van der Waals surface area contributed by atoms with Gasteiger partial charge in [0.25, 0.3) is 0 Å². The maximum Gasteiger partial charge on any atom is 0.408 e. The summed E-state index contributed by atoms with van der Waals surface area (Å²) in [6.07, 6.45) is 0.547. The van der Waals surface area contributed by atoms with Gasteiger partial charge in [-0.25, -0.2) is 14.4 Å². The van der Waals surface area contributed by atoms with E-state index in [1.807, 2.05) is 30.3 Å². The minimum atomic E-state index is -1.06. The van der Waals surface area contributed by atoms with Crippen LogP contribution in [0.2, 0.25) is 0 Å². The number of hydrogen-bond donors (Lipinski definition) is 2. The van der Waals surface area contributed by atoms with Crippen molar-refractivity contribution in [1.29, 1.82) is 0 Å². The summed E-state index contributed by atoms with van der Waals surface area (Å²) in [4.78, 5) is 37.4. The molecule has 0 radical (unpaired) electrons. The predicted molar refractivity (Wildman–Crippen MR) is 122 cm³/mol. The van der Waals surface area contributed by atoms with Gasteiger partial charge in [0.2, 0.25) is 0 Å². The molecule has 0 fully saturated rings. The number of allylic oxidation sites excluding steroid dienone is 1. The van der Waals surface area contributed by atoms with E-state index in [1.165, 1.54) is 0 Å². The van der Waals surface area contributed by atoms with E-state index in [9.17, 15) is 14.4 Å². The number of esters is 1. The van der Waals surface area contributed by atoms with E-state index in [0.29, 0.717) is 6.42 Å². The van der Waals surface area contributed by atoms with Crippen molar-refractivity contribution in [2.45, 2.75) is 71.8 Å². The third-order valence-corrected chi connectivity index (χ3v) is 4.00. The van der Waals surface area contributed by atoms with Crippen LogP contribution < -0.4 is 10.6 Å². The molecule has 0 aliphatic rings. The number of ether oxygens (including phenoxy) is 3. The fraction of sp³-hybridized carbons (Fsp3) is 0.542. The summed E-state index contributed by atoms with van der Waals surface area (Å²) in [6.45, 7) is 14.3. The third-order valence-electron chi connectivity index (χ3n) is 4.00. The van der Waals surface area contributed by atoms with Crippen molar-refractivity contribution in [3.8, 4) is 0 Å². The molecule has 1 aromatic carbocycles. The van der Waals surface area contributed by atoms with Gasteiger partial charge >= 0.3 is 18.2 Å². The highest BCUT2D eigenvalue weighted by molar-refractivity contribution is 5.82. The average Bonchev–Trinajstić information content (AvgIpc) is 2.66. The molecular formula is C24H36N2O6. The fourth-order valence-electron chi connectivity index (χ4n) is 2.71. The van der Waals surface area contributed by atoms with Gasteiger partial charge in [-0.05, 0) is 53.5 Å². The van der Waals surface area contributed by atoms with Crippen molar-refractivity contribution < 1.29 is 28.6 Å². The number of carbonyl (C=O) groups excluding carboxylic acids is 3. The molecule has 0 unspecified atom stereocenters. The van der Waals surface area contributed by atoms with Crippen LogP contribution in [0, 0.1) is 5.92 Å². The van der Waals surface area contributed by atoms with E-state index in [1.54, 1.807) is 47.6 Å². The second-order valence-corrected chi connectivity index (χ2v) is 9.38. The van der Waals surface area contributed by atoms with Gasteiger partial charge in [0, 0.05) is 12.5 Å². The first-order valence-corrected chi connectivity index (χ1v) is 10.6. The van der Waals surface area contributed by atoms with Gasteiger partial charge in [-0.1, -0.05) is 36.4 Å². The maximum absolute atomic E-state index is 12.9. The van der Waals surface area contributed by atoms with Crippen LogP contribution >= 0.6 is 0 Å². The largest absolute Gasteiger partial charge is 0.458 e. The normalized spacial score (nSPS) is 13.3. The number of nitrogens with one attached hydrogen (secondary N) is 2. The molecule has 32 heavy (non-hydrogen) atoms. The Morgan fingerprint density at radius 3 is 2.09 bits per heavy atom. The zero-order valence-corrected chi connectivity index (χ0v) is 19.9. The number of amides is 2. The quantitative estimate of drug-likeness (QED) is 0.331. The Labute approximate surface area is 190 Å². The van der Waals surface area contributed by atoms with E-state index in [0.717, 1.165) is 5.56 Å². The summed E-state index contributed by atoms with van der Waals surface area (Å²) in [5.74, 6) is -1.16. The van der Waals surface area contributed by atoms with E-state index in [-0.39, 0.29) is 13.2 Å². The Hall–Kier alpha value is -3.03. The molecule has 1 aromatic rings. The van der Waals surface area contributed by atoms with Crippen LogP contribution in [0.1, 0.15) is 53.5 Å². The van der Waals surface area contributed by atoms with E-state index < -0.39 is 41.3 Å². The molecule has 178 valence electrons. The van der Waals surface area contributed by atoms with Gasteiger partial charge in [-0.15, -0.1) is 6.58 Å². The number of benzene rings is 1. The van der Waals surface area contributed by atoms with Crippen molar-refractivity contribution in [1.82, 2.24) is 10.6 Å². The van der Waals surface area contributed by atoms with Crippen LogP contribution in [0.15, 0.2) is 43.0 Å². The third kappa shape index (κ3) is 11.4. The predicted octanol–water partition coefficient (Wildman–Crippen LogP) is 4.34. The Balaban J connectivity index is 2.91. The minimum absolute atomic E-state index is 0.0516. The van der Waals surface area contributed by atoms with Crippen molar-refractivity contribution in [2.24, 2.45) is 5.92 Å². The number of hydrogen-bond acceptors (Lipinski definition) is 6. The number of carbonyl (C=O) groups is 3. The van der Waals surface area contributed by atoms with Crippen LogP contribution in [-0.4, -0.2) is 41.9 Å². The molecule has 1 rings (SSSR count). The molecule has 2 N–H and O–H groups in total. The average molecular weight is 449 g/mol. The lowest BCUT2D eigenvalue weighted by atomic mass is 9.95. The van der Waals surface area contributed by atoms with Crippen LogP contribution in [0.25, 0.3) is 0 Å². The molecule has 0 spiro atoms. The van der Waals surface area contributed by atoms with Gasteiger partial charge < -0.3 is 24.8 Å². The van der Waals surface area contributed by atoms with E-state index in [2.05, 4.69) is 17.2 Å². The first-order chi connectivity index (χ1) is 14.8. The zero-order chi connectivity index (χ0) is 24.4. The van der Waals surface area contributed by atoms with Crippen LogP contribution in [0.4, 0.5) is 9.59 Å². The lowest BCUT2D eigenvalue weighted by molar-refractivity contribution is -0.158. The smallest absolute Gasteiger partial charge is 0.408 e. The summed E-state index contributed by atoms with van der Waals surface area (Å²) >= 11 is 0. The Morgan fingerprint density at radius 2 is 1.56 bits per heavy atom. The lowest BCUT2D eigenvalue weighted by Gasteiger charge is -2.29. The molecule has 8 heteroatoms. The Kier molecular flexibility index (Phi) is 10.2. The standard InChI is InChI=1S/C24H36N2O6/c1-8-12-18(15-25-21(28)32-24(5,6)7)19(20(27)31-23(2,3)4)26-22(29)30-16-17-13-10-9-11-14-17/h8-11,13-14,18-19H,1,12,15-16H2,2-7H3,(H,25,28)(H,26,29)/t18-,19-/m0/s1. The topological polar surface area (TPSA) is 103 Å². The summed E-state index contributed by atoms with van der Waals surface area (Å²) in [5.41, 5.74) is -0.615. The van der Waals surface area contributed by atoms with Gasteiger partial charge in [0.15, 0.2) is 0 Å². The van der Waals surface area contributed by atoms with E-state index in [4.69, 9.17) is 14.2 Å². The minimum Gasteiger partial charge on any atom is -0.458 e. The summed E-state index contributed by atoms with van der Waals surface area (Å²) < 4.78 is 16.0. The monoisotopic (exact) mass is 448 g/mol. The number of alkyl carbamates (subject to hydrolysis) is 2. The summed E-state index contributed by atoms with van der Waals surface area (Å²) in [5, 5.41) is 5.24. The summed E-state index contributed by atoms with van der Waals surface area (Å²) in [6, 6.07) is 8.11. The molecular weight excluding hydrogens is 412 g/mol. The van der Waals surface area contributed by atoms with E-state index >= 15 is 0 Å². The van der Waals surface area contributed by atoms with Gasteiger partial charge in [-0.3, -0.25) is 0 Å². The van der Waals surface area contributed by atoms with Crippen LogP contribution in [0.3, 0.4) is 0 Å². The van der Waals surface area contributed by atoms with Crippen molar-refractivity contribution in [3.63, 3.8) is 0 Å². The second-order valence-electron chi connectivity index (χ2n) is 9.38. The fourth-order valence-corrected chi connectivity index (χ4v) is 2.71. The summed E-state index contributed by atoms with van der Waals surface area (Å²) in [7, 11) is 0. The van der Waals surface area contributed by atoms with Crippen molar-refractivity contribution in [2.75, 3.05) is 6.54 Å². The Bertz CT molecular complexity index is 765. The highest BCUT2D eigenvalue weighted by Crippen LogP contribution is 2.17. The highest BCUT2D eigenvalue weighted by Gasteiger charge is 2.34. The number of rotatable bonds is 9. The molecule has 0 saturated heterocycles. The van der Waals surface area contributed by atoms with Gasteiger partial charge in [0.05, 0.1) is 0 Å². The second kappa shape index (κ2) is 12.1. The molecule has 0 aromatic heterocycles. The Morgan fingerprint density at radius 1 is 0.969 bits per heavy atom. The van der Waals surface area contributed by atoms with Gasteiger partial charge in [0.1, 0.15) is 23.9 Å². The first kappa shape index (κ1) is 27.0. The zero-order valence-electron chi connectivity index (χ0n) is 19.9. The van der Waals surface area contributed by atoms with Crippen molar-refractivity contribution >= 4 is 18.2 Å². The molecule has 2 atom stereocenters. The molecule has 0 heterocycles. The lowest BCUT2D eigenvalue weighted by Crippen LogP contribution is -2.51.